The van der Waals surface area contributed by atoms with Gasteiger partial charge in [-0.1, -0.05) is 55.8 Å². The van der Waals surface area contributed by atoms with Crippen molar-refractivity contribution in [3.63, 3.8) is 0 Å². The quantitative estimate of drug-likeness (QED) is 0.144. The maximum absolute atomic E-state index is 11.9. The number of rotatable bonds is 10. The van der Waals surface area contributed by atoms with Crippen molar-refractivity contribution in [2.24, 2.45) is 5.41 Å². The number of pyridine rings is 1. The van der Waals surface area contributed by atoms with Gasteiger partial charge in [0.15, 0.2) is 6.29 Å². The second kappa shape index (κ2) is 14.6. The van der Waals surface area contributed by atoms with E-state index >= 15 is 0 Å². The Morgan fingerprint density at radius 1 is 0.981 bits per heavy atom. The predicted octanol–water partition coefficient (Wildman–Crippen LogP) is 9.26. The summed E-state index contributed by atoms with van der Waals surface area (Å²) >= 11 is 6.36. The number of benzene rings is 3. The van der Waals surface area contributed by atoms with Crippen molar-refractivity contribution in [2.75, 3.05) is 44.7 Å². The standard InChI is InChI=1S/C43H48ClN5O3/c1-29(2)36-6-4-5-7-37(36)39-27-47(26-30-8-11-38(44)41(20-30)51-3)18-19-49(39)34-23-43(24-34)13-16-48(17-14-43)33-10-9-32(28-50)40(22-33)52-35-21-31-12-15-45-42(31)46-25-35/h4-12,15,20-22,25,28-29,34,39H,13-14,16-19,23-24,26-27H2,1-3H3,(H,45,46). The van der Waals surface area contributed by atoms with Crippen molar-refractivity contribution in [2.45, 2.75) is 64.1 Å². The molecular formula is C43H48ClN5O3. The second-order valence-electron chi connectivity index (χ2n) is 15.3. The number of carbonyl (C=O) groups excluding carboxylic acids is 1. The Morgan fingerprint density at radius 3 is 2.60 bits per heavy atom. The van der Waals surface area contributed by atoms with Crippen molar-refractivity contribution in [3.8, 4) is 17.2 Å². The van der Waals surface area contributed by atoms with E-state index in [1.54, 1.807) is 13.3 Å². The van der Waals surface area contributed by atoms with Gasteiger partial charge in [-0.15, -0.1) is 0 Å². The van der Waals surface area contributed by atoms with Gasteiger partial charge in [0.05, 0.1) is 23.9 Å². The molecule has 5 aromatic rings. The Morgan fingerprint density at radius 2 is 1.81 bits per heavy atom. The minimum Gasteiger partial charge on any atom is -0.495 e. The number of piperazine rings is 1. The van der Waals surface area contributed by atoms with Gasteiger partial charge in [-0.05, 0) is 90.1 Å². The molecule has 8 rings (SSSR count). The van der Waals surface area contributed by atoms with Gasteiger partial charge in [0, 0.05) is 74.7 Å². The zero-order valence-electron chi connectivity index (χ0n) is 30.4. The summed E-state index contributed by atoms with van der Waals surface area (Å²) in [5, 5.41) is 1.62. The summed E-state index contributed by atoms with van der Waals surface area (Å²) in [5.74, 6) is 2.39. The van der Waals surface area contributed by atoms with Crippen LogP contribution in [0.5, 0.6) is 17.2 Å². The molecule has 1 atom stereocenters. The molecule has 3 aromatic carbocycles. The van der Waals surface area contributed by atoms with E-state index in [9.17, 15) is 4.79 Å². The summed E-state index contributed by atoms with van der Waals surface area (Å²) in [5.41, 5.74) is 7.00. The van der Waals surface area contributed by atoms with Gasteiger partial charge in [0.25, 0.3) is 0 Å². The third kappa shape index (κ3) is 6.92. The van der Waals surface area contributed by atoms with Crippen LogP contribution in [-0.2, 0) is 6.54 Å². The predicted molar refractivity (Wildman–Crippen MR) is 208 cm³/mol. The number of hydrogen-bond acceptors (Lipinski definition) is 7. The highest BCUT2D eigenvalue weighted by molar-refractivity contribution is 6.32. The van der Waals surface area contributed by atoms with E-state index in [1.807, 2.05) is 36.5 Å². The number of aromatic nitrogens is 2. The number of anilines is 1. The number of ether oxygens (including phenoxy) is 2. The third-order valence-corrected chi connectivity index (χ3v) is 12.1. The van der Waals surface area contributed by atoms with Crippen LogP contribution in [-0.4, -0.2) is 71.9 Å². The van der Waals surface area contributed by atoms with E-state index < -0.39 is 0 Å². The van der Waals surface area contributed by atoms with Crippen LogP contribution >= 0.6 is 11.6 Å². The summed E-state index contributed by atoms with van der Waals surface area (Å²) in [4.78, 5) is 27.4. The summed E-state index contributed by atoms with van der Waals surface area (Å²) in [6.45, 7) is 10.6. The molecule has 1 aliphatic carbocycles. The number of fused-ring (bicyclic) bond motifs is 1. The molecule has 270 valence electrons. The summed E-state index contributed by atoms with van der Waals surface area (Å²) in [6, 6.07) is 26.1. The van der Waals surface area contributed by atoms with Crippen LogP contribution in [0.15, 0.2) is 85.2 Å². The highest BCUT2D eigenvalue weighted by atomic mass is 35.5. The lowest BCUT2D eigenvalue weighted by Gasteiger charge is -2.58. The molecular weight excluding hydrogens is 670 g/mol. The Hall–Kier alpha value is -4.37. The van der Waals surface area contributed by atoms with Crippen LogP contribution in [0, 0.1) is 5.41 Å². The maximum Gasteiger partial charge on any atom is 0.153 e. The highest BCUT2D eigenvalue weighted by Crippen LogP contribution is 2.53. The topological polar surface area (TPSA) is 73.9 Å². The van der Waals surface area contributed by atoms with Crippen LogP contribution in [0.2, 0.25) is 5.02 Å². The van der Waals surface area contributed by atoms with Gasteiger partial charge in [-0.3, -0.25) is 14.6 Å². The molecule has 9 heteroatoms. The molecule has 1 N–H and O–H groups in total. The highest BCUT2D eigenvalue weighted by Gasteiger charge is 2.50. The van der Waals surface area contributed by atoms with E-state index in [1.165, 1.54) is 42.4 Å². The van der Waals surface area contributed by atoms with E-state index in [0.717, 1.165) is 68.0 Å². The fourth-order valence-corrected chi connectivity index (χ4v) is 9.14. The first-order valence-electron chi connectivity index (χ1n) is 18.7. The van der Waals surface area contributed by atoms with E-state index in [0.29, 0.717) is 45.5 Å². The van der Waals surface area contributed by atoms with Crippen molar-refractivity contribution in [1.29, 1.82) is 0 Å². The monoisotopic (exact) mass is 717 g/mol. The van der Waals surface area contributed by atoms with Crippen molar-refractivity contribution >= 4 is 34.6 Å². The van der Waals surface area contributed by atoms with Gasteiger partial charge in [-0.25, -0.2) is 4.98 Å². The lowest BCUT2D eigenvalue weighted by molar-refractivity contribution is -0.0628. The molecule has 0 amide bonds. The lowest BCUT2D eigenvalue weighted by atomic mass is 9.59. The number of hydrogen-bond donors (Lipinski definition) is 1. The maximum atomic E-state index is 11.9. The number of H-pyrrole nitrogens is 1. The third-order valence-electron chi connectivity index (χ3n) is 11.8. The van der Waals surface area contributed by atoms with Crippen LogP contribution in [0.25, 0.3) is 11.0 Å². The first-order chi connectivity index (χ1) is 25.3. The molecule has 2 aliphatic heterocycles. The molecule has 2 saturated heterocycles. The molecule has 2 aromatic heterocycles. The lowest BCUT2D eigenvalue weighted by Crippen LogP contribution is -2.60. The number of halogens is 1. The molecule has 3 aliphatic rings. The van der Waals surface area contributed by atoms with Gasteiger partial charge in [0.1, 0.15) is 22.9 Å². The number of aromatic amines is 1. The zero-order valence-corrected chi connectivity index (χ0v) is 31.1. The Labute approximate surface area is 311 Å². The fraction of sp³-hybridized carbons (Fsp3) is 0.395. The molecule has 52 heavy (non-hydrogen) atoms. The van der Waals surface area contributed by atoms with E-state index in [4.69, 9.17) is 21.1 Å². The summed E-state index contributed by atoms with van der Waals surface area (Å²) < 4.78 is 11.8. The number of methoxy groups -OCH3 is 1. The molecule has 3 fully saturated rings. The van der Waals surface area contributed by atoms with Crippen LogP contribution in [0.4, 0.5) is 5.69 Å². The number of piperidine rings is 1. The smallest absolute Gasteiger partial charge is 0.153 e. The number of nitrogens with zero attached hydrogens (tertiary/aromatic N) is 4. The van der Waals surface area contributed by atoms with Crippen molar-refractivity contribution in [1.82, 2.24) is 19.8 Å². The molecule has 1 unspecified atom stereocenters. The minimum absolute atomic E-state index is 0.354. The largest absolute Gasteiger partial charge is 0.495 e. The number of aldehydes is 1. The zero-order chi connectivity index (χ0) is 35.8. The van der Waals surface area contributed by atoms with Gasteiger partial charge >= 0.3 is 0 Å². The van der Waals surface area contributed by atoms with Crippen molar-refractivity contribution in [3.05, 3.63) is 112 Å². The Balaban J connectivity index is 0.943. The fourth-order valence-electron chi connectivity index (χ4n) is 8.94. The van der Waals surface area contributed by atoms with Crippen LogP contribution < -0.4 is 14.4 Å². The SMILES string of the molecule is COc1cc(CN2CCN(C3CC4(CCN(c5ccc(C=O)c(Oc6cnc7[nH]ccc7c6)c5)CC4)C3)C(c3ccccc3C(C)C)C2)ccc1Cl. The first kappa shape index (κ1) is 34.7. The number of nitrogens with one attached hydrogen (secondary N) is 1. The average molecular weight is 718 g/mol. The second-order valence-corrected chi connectivity index (χ2v) is 15.7. The van der Waals surface area contributed by atoms with E-state index in [-0.39, 0.29) is 0 Å². The first-order valence-corrected chi connectivity index (χ1v) is 19.0. The Bertz CT molecular complexity index is 2050. The van der Waals surface area contributed by atoms with Crippen LogP contribution in [0.3, 0.4) is 0 Å². The molecule has 4 heterocycles. The summed E-state index contributed by atoms with van der Waals surface area (Å²) in [7, 11) is 1.68. The molecule has 0 radical (unpaired) electrons. The molecule has 1 saturated carbocycles. The molecule has 0 bridgehead atoms. The van der Waals surface area contributed by atoms with Gasteiger partial charge < -0.3 is 19.4 Å². The normalized spacial score (nSPS) is 19.6. The van der Waals surface area contributed by atoms with Crippen molar-refractivity contribution < 1.29 is 14.3 Å². The van der Waals surface area contributed by atoms with E-state index in [2.05, 4.69) is 81.0 Å². The van der Waals surface area contributed by atoms with Gasteiger partial charge in [0.2, 0.25) is 0 Å². The molecule has 8 nitrogen and oxygen atoms in total. The summed E-state index contributed by atoms with van der Waals surface area (Å²) in [6.07, 6.45) is 9.27. The average Bonchev–Trinajstić information content (AvgIpc) is 3.63. The van der Waals surface area contributed by atoms with Crippen LogP contribution in [0.1, 0.15) is 78.5 Å². The minimum atomic E-state index is 0.354. The number of carbonyl (C=O) groups is 1. The molecule has 1 spiro atoms. The van der Waals surface area contributed by atoms with Gasteiger partial charge in [-0.2, -0.15) is 0 Å². The Kier molecular flexibility index (Phi) is 9.72.